The van der Waals surface area contributed by atoms with E-state index in [2.05, 4.69) is 11.9 Å². The van der Waals surface area contributed by atoms with Gasteiger partial charge in [-0.3, -0.25) is 4.79 Å². The molecule has 2 aromatic carbocycles. The third kappa shape index (κ3) is 5.49. The molecule has 5 heteroatoms. The Morgan fingerprint density at radius 1 is 1.20 bits per heavy atom. The van der Waals surface area contributed by atoms with Crippen molar-refractivity contribution < 1.29 is 19.4 Å². The Kier molecular flexibility index (Phi) is 6.34. The van der Waals surface area contributed by atoms with Crippen LogP contribution in [-0.2, 0) is 27.4 Å². The fourth-order valence-electron chi connectivity index (χ4n) is 2.42. The van der Waals surface area contributed by atoms with Crippen LogP contribution in [0.15, 0.2) is 55.1 Å². The molecule has 1 atom stereocenters. The average molecular weight is 339 g/mol. The summed E-state index contributed by atoms with van der Waals surface area (Å²) in [6, 6.07) is 13.2. The maximum absolute atomic E-state index is 12.4. The van der Waals surface area contributed by atoms with Crippen molar-refractivity contribution in [1.82, 2.24) is 5.32 Å². The van der Waals surface area contributed by atoms with Gasteiger partial charge in [-0.25, -0.2) is 4.79 Å². The quantitative estimate of drug-likeness (QED) is 0.761. The van der Waals surface area contributed by atoms with E-state index >= 15 is 0 Å². The minimum Gasteiger partial charge on any atom is -0.508 e. The van der Waals surface area contributed by atoms with Gasteiger partial charge in [0.2, 0.25) is 5.91 Å². The zero-order chi connectivity index (χ0) is 18.2. The third-order valence-electron chi connectivity index (χ3n) is 3.68. The molecule has 2 N–H and O–H groups in total. The summed E-state index contributed by atoms with van der Waals surface area (Å²) in [5, 5.41) is 11.9. The average Bonchev–Trinajstić information content (AvgIpc) is 2.60. The summed E-state index contributed by atoms with van der Waals surface area (Å²) in [5.74, 6) is -0.683. The van der Waals surface area contributed by atoms with Gasteiger partial charge in [0.05, 0.1) is 0 Å². The van der Waals surface area contributed by atoms with Crippen molar-refractivity contribution in [3.8, 4) is 5.75 Å². The van der Waals surface area contributed by atoms with Crippen LogP contribution in [0.1, 0.15) is 23.6 Å². The first-order valence-corrected chi connectivity index (χ1v) is 7.91. The van der Waals surface area contributed by atoms with Crippen LogP contribution >= 0.6 is 0 Å². The second kappa shape index (κ2) is 8.68. The van der Waals surface area contributed by atoms with Gasteiger partial charge in [-0.2, -0.15) is 0 Å². The molecule has 0 radical (unpaired) electrons. The molecule has 0 bridgehead atoms. The van der Waals surface area contributed by atoms with Crippen molar-refractivity contribution in [1.29, 1.82) is 0 Å². The van der Waals surface area contributed by atoms with Crippen LogP contribution in [0.2, 0.25) is 0 Å². The number of carbonyl (C=O) groups is 2. The Hall–Kier alpha value is -3.08. The summed E-state index contributed by atoms with van der Waals surface area (Å²) in [7, 11) is 0. The molecule has 0 aliphatic carbocycles. The second-order valence-electron chi connectivity index (χ2n) is 5.63. The highest BCUT2D eigenvalue weighted by Crippen LogP contribution is 2.14. The number of aromatic hydroxyl groups is 1. The fourth-order valence-corrected chi connectivity index (χ4v) is 2.42. The number of carbonyl (C=O) groups excluding carboxylic acids is 2. The van der Waals surface area contributed by atoms with E-state index in [-0.39, 0.29) is 24.7 Å². The molecule has 0 saturated heterocycles. The van der Waals surface area contributed by atoms with Gasteiger partial charge in [-0.15, -0.1) is 0 Å². The largest absolute Gasteiger partial charge is 0.508 e. The van der Waals surface area contributed by atoms with Crippen LogP contribution < -0.4 is 5.32 Å². The molecule has 2 rings (SSSR count). The van der Waals surface area contributed by atoms with E-state index in [1.165, 1.54) is 19.1 Å². The molecule has 5 nitrogen and oxygen atoms in total. The number of ether oxygens (including phenoxy) is 1. The highest BCUT2D eigenvalue weighted by atomic mass is 16.5. The van der Waals surface area contributed by atoms with E-state index in [1.54, 1.807) is 18.2 Å². The minimum absolute atomic E-state index is 0.104. The lowest BCUT2D eigenvalue weighted by Crippen LogP contribution is -2.42. The molecule has 0 spiro atoms. The zero-order valence-electron chi connectivity index (χ0n) is 14.1. The number of hydrogen-bond acceptors (Lipinski definition) is 4. The number of esters is 1. The van der Waals surface area contributed by atoms with E-state index in [9.17, 15) is 14.7 Å². The van der Waals surface area contributed by atoms with E-state index in [4.69, 9.17) is 4.74 Å². The van der Waals surface area contributed by atoms with Crippen LogP contribution in [0.5, 0.6) is 5.75 Å². The number of amides is 1. The number of rotatable bonds is 7. The van der Waals surface area contributed by atoms with Gasteiger partial charge in [0.15, 0.2) is 0 Å². The van der Waals surface area contributed by atoms with Gasteiger partial charge in [-0.05, 0) is 28.8 Å². The molecule has 0 heterocycles. The van der Waals surface area contributed by atoms with Crippen molar-refractivity contribution in [2.24, 2.45) is 0 Å². The predicted molar refractivity (Wildman–Crippen MR) is 95.7 cm³/mol. The molecule has 1 amide bonds. The lowest BCUT2D eigenvalue weighted by Gasteiger charge is -2.17. The first-order chi connectivity index (χ1) is 12.0. The summed E-state index contributed by atoms with van der Waals surface area (Å²) in [6.45, 7) is 5.19. The third-order valence-corrected chi connectivity index (χ3v) is 3.68. The first-order valence-electron chi connectivity index (χ1n) is 7.91. The Labute approximate surface area is 146 Å². The van der Waals surface area contributed by atoms with Crippen molar-refractivity contribution in [2.75, 3.05) is 0 Å². The summed E-state index contributed by atoms with van der Waals surface area (Å²) in [6.07, 6.45) is 1.98. The molecule has 2 aromatic rings. The number of phenolic OH excluding ortho intramolecular Hbond substituents is 1. The normalized spacial score (nSPS) is 11.4. The minimum atomic E-state index is -0.794. The second-order valence-corrected chi connectivity index (χ2v) is 5.63. The van der Waals surface area contributed by atoms with Gasteiger partial charge >= 0.3 is 5.97 Å². The topological polar surface area (TPSA) is 75.6 Å². The van der Waals surface area contributed by atoms with Crippen LogP contribution in [0.4, 0.5) is 0 Å². The molecule has 1 unspecified atom stereocenters. The summed E-state index contributed by atoms with van der Waals surface area (Å²) >= 11 is 0. The van der Waals surface area contributed by atoms with E-state index in [0.717, 1.165) is 16.7 Å². The fraction of sp³-hybridized carbons (Fsp3) is 0.200. The molecule has 130 valence electrons. The molecule has 0 fully saturated rings. The molecule has 0 aliphatic heterocycles. The van der Waals surface area contributed by atoms with E-state index in [1.807, 2.05) is 24.3 Å². The van der Waals surface area contributed by atoms with Crippen molar-refractivity contribution in [3.63, 3.8) is 0 Å². The highest BCUT2D eigenvalue weighted by molar-refractivity contribution is 5.83. The Bertz CT molecular complexity index is 753. The number of phenols is 1. The van der Waals surface area contributed by atoms with Crippen LogP contribution in [-0.4, -0.2) is 23.0 Å². The molecular formula is C20H21NO4. The smallest absolute Gasteiger partial charge is 0.329 e. The molecule has 0 saturated carbocycles. The Balaban J connectivity index is 2.05. The van der Waals surface area contributed by atoms with Crippen LogP contribution in [0.3, 0.4) is 0 Å². The Morgan fingerprint density at radius 2 is 1.88 bits per heavy atom. The summed E-state index contributed by atoms with van der Waals surface area (Å²) in [5.41, 5.74) is 2.54. The predicted octanol–water partition coefficient (Wildman–Crippen LogP) is 2.83. The molecule has 0 aliphatic rings. The summed E-state index contributed by atoms with van der Waals surface area (Å²) < 4.78 is 5.38. The number of hydrogen-bond donors (Lipinski definition) is 2. The lowest BCUT2D eigenvalue weighted by molar-refractivity contribution is -0.149. The van der Waals surface area contributed by atoms with Crippen LogP contribution in [0.25, 0.3) is 6.08 Å². The molecule has 25 heavy (non-hydrogen) atoms. The maximum Gasteiger partial charge on any atom is 0.329 e. The van der Waals surface area contributed by atoms with Gasteiger partial charge in [0.1, 0.15) is 18.4 Å². The van der Waals surface area contributed by atoms with Gasteiger partial charge < -0.3 is 15.2 Å². The standard InChI is InChI=1S/C20H21NO4/c1-3-16-6-4-5-7-17(16)13-25-20(24)19(21-14(2)22)12-15-8-10-18(23)11-9-15/h3-11,19,23H,1,12-13H2,2H3,(H,21,22). The van der Waals surface area contributed by atoms with E-state index < -0.39 is 12.0 Å². The monoisotopic (exact) mass is 339 g/mol. The zero-order valence-corrected chi connectivity index (χ0v) is 14.1. The van der Waals surface area contributed by atoms with Gasteiger partial charge in [-0.1, -0.05) is 49.1 Å². The van der Waals surface area contributed by atoms with Crippen molar-refractivity contribution in [2.45, 2.75) is 26.0 Å². The first kappa shape index (κ1) is 18.3. The number of benzene rings is 2. The Morgan fingerprint density at radius 3 is 2.52 bits per heavy atom. The van der Waals surface area contributed by atoms with Gasteiger partial charge in [0.25, 0.3) is 0 Å². The maximum atomic E-state index is 12.4. The van der Waals surface area contributed by atoms with Crippen molar-refractivity contribution >= 4 is 18.0 Å². The van der Waals surface area contributed by atoms with Gasteiger partial charge in [0, 0.05) is 13.3 Å². The lowest BCUT2D eigenvalue weighted by atomic mass is 10.1. The number of nitrogens with one attached hydrogen (secondary N) is 1. The van der Waals surface area contributed by atoms with Crippen molar-refractivity contribution in [3.05, 3.63) is 71.8 Å². The summed E-state index contributed by atoms with van der Waals surface area (Å²) in [4.78, 5) is 23.8. The highest BCUT2D eigenvalue weighted by Gasteiger charge is 2.22. The van der Waals surface area contributed by atoms with E-state index in [0.29, 0.717) is 0 Å². The SMILES string of the molecule is C=Cc1ccccc1COC(=O)C(Cc1ccc(O)cc1)NC(C)=O. The van der Waals surface area contributed by atoms with Crippen LogP contribution in [0, 0.1) is 0 Å². The molecular weight excluding hydrogens is 318 g/mol. The molecule has 0 aromatic heterocycles.